The van der Waals surface area contributed by atoms with Gasteiger partial charge in [0.25, 0.3) is 0 Å². The van der Waals surface area contributed by atoms with Gasteiger partial charge < -0.3 is 15.4 Å². The van der Waals surface area contributed by atoms with Gasteiger partial charge in [0.15, 0.2) is 0 Å². The van der Waals surface area contributed by atoms with Gasteiger partial charge >= 0.3 is 6.03 Å². The number of nitrogens with zero attached hydrogens (tertiary/aromatic N) is 1. The maximum atomic E-state index is 12.5. The minimum Gasteiger partial charge on any atom is -0.497 e. The number of benzene rings is 1. The minimum atomic E-state index is -0.304. The third kappa shape index (κ3) is 4.72. The molecule has 24 heavy (non-hydrogen) atoms. The van der Waals surface area contributed by atoms with Crippen LogP contribution < -0.4 is 15.4 Å². The van der Waals surface area contributed by atoms with Crippen LogP contribution in [0.2, 0.25) is 0 Å². The molecular weight excluding hydrogens is 302 g/mol. The molecule has 2 rings (SSSR count). The monoisotopic (exact) mass is 327 g/mol. The highest BCUT2D eigenvalue weighted by molar-refractivity contribution is 5.75. The van der Waals surface area contributed by atoms with E-state index < -0.39 is 0 Å². The van der Waals surface area contributed by atoms with Gasteiger partial charge in [-0.2, -0.15) is 0 Å². The van der Waals surface area contributed by atoms with Crippen LogP contribution in [0.25, 0.3) is 0 Å². The Morgan fingerprint density at radius 2 is 2.00 bits per heavy atom. The van der Waals surface area contributed by atoms with E-state index in [1.807, 2.05) is 57.2 Å². The van der Waals surface area contributed by atoms with Crippen molar-refractivity contribution < 1.29 is 9.53 Å². The summed E-state index contributed by atoms with van der Waals surface area (Å²) in [5.41, 5.74) is 1.58. The second-order valence-electron chi connectivity index (χ2n) is 6.33. The first-order valence-electron chi connectivity index (χ1n) is 8.07. The van der Waals surface area contributed by atoms with Crippen LogP contribution in [0, 0.1) is 0 Å². The standard InChI is InChI=1S/C19H25N3O2/c1-5-19(2,3)22-18(23)21-17(15-9-7-11-20-13-15)14-8-6-10-16(12-14)24-4/h6-13,17H,5H2,1-4H3,(H2,21,22,23). The van der Waals surface area contributed by atoms with E-state index in [9.17, 15) is 4.79 Å². The molecule has 0 fully saturated rings. The fourth-order valence-corrected chi connectivity index (χ4v) is 2.29. The number of rotatable bonds is 6. The van der Waals surface area contributed by atoms with E-state index in [0.29, 0.717) is 0 Å². The van der Waals surface area contributed by atoms with Gasteiger partial charge in [-0.05, 0) is 49.6 Å². The predicted octanol–water partition coefficient (Wildman–Crippen LogP) is 3.67. The number of ether oxygens (including phenoxy) is 1. The van der Waals surface area contributed by atoms with Crippen molar-refractivity contribution in [3.63, 3.8) is 0 Å². The Morgan fingerprint density at radius 1 is 1.25 bits per heavy atom. The van der Waals surface area contributed by atoms with E-state index in [2.05, 4.69) is 15.6 Å². The molecule has 0 aliphatic carbocycles. The quantitative estimate of drug-likeness (QED) is 0.851. The van der Waals surface area contributed by atoms with Crippen molar-refractivity contribution in [1.29, 1.82) is 0 Å². The molecule has 0 aliphatic rings. The number of urea groups is 1. The van der Waals surface area contributed by atoms with E-state index in [-0.39, 0.29) is 17.6 Å². The first-order chi connectivity index (χ1) is 11.4. The van der Waals surface area contributed by atoms with Gasteiger partial charge in [-0.3, -0.25) is 4.98 Å². The van der Waals surface area contributed by atoms with Crippen LogP contribution in [0.5, 0.6) is 5.75 Å². The van der Waals surface area contributed by atoms with Crippen molar-refractivity contribution >= 4 is 6.03 Å². The fraction of sp³-hybridized carbons (Fsp3) is 0.368. The Bertz CT molecular complexity index is 671. The number of amides is 2. The molecular formula is C19H25N3O2. The second kappa shape index (κ2) is 7.81. The van der Waals surface area contributed by atoms with Crippen LogP contribution in [-0.4, -0.2) is 23.7 Å². The smallest absolute Gasteiger partial charge is 0.315 e. The fourth-order valence-electron chi connectivity index (χ4n) is 2.29. The van der Waals surface area contributed by atoms with Crippen LogP contribution in [0.1, 0.15) is 44.4 Å². The van der Waals surface area contributed by atoms with Gasteiger partial charge in [-0.25, -0.2) is 4.79 Å². The summed E-state index contributed by atoms with van der Waals surface area (Å²) in [4.78, 5) is 16.6. The topological polar surface area (TPSA) is 63.2 Å². The highest BCUT2D eigenvalue weighted by Gasteiger charge is 2.22. The summed E-state index contributed by atoms with van der Waals surface area (Å²) >= 11 is 0. The van der Waals surface area contributed by atoms with Crippen LogP contribution in [-0.2, 0) is 0 Å². The maximum absolute atomic E-state index is 12.5. The van der Waals surface area contributed by atoms with E-state index >= 15 is 0 Å². The Kier molecular flexibility index (Phi) is 5.79. The van der Waals surface area contributed by atoms with Crippen LogP contribution in [0.4, 0.5) is 4.79 Å². The lowest BCUT2D eigenvalue weighted by Gasteiger charge is -2.27. The molecule has 2 amide bonds. The van der Waals surface area contributed by atoms with Crippen molar-refractivity contribution in [3.05, 3.63) is 59.9 Å². The summed E-state index contributed by atoms with van der Waals surface area (Å²) in [6, 6.07) is 11.0. The molecule has 5 heteroatoms. The van der Waals surface area contributed by atoms with Gasteiger partial charge in [-0.1, -0.05) is 25.1 Å². The predicted molar refractivity (Wildman–Crippen MR) is 95.1 cm³/mol. The number of nitrogens with one attached hydrogen (secondary N) is 2. The lowest BCUT2D eigenvalue weighted by Crippen LogP contribution is -2.49. The molecule has 0 saturated heterocycles. The zero-order valence-electron chi connectivity index (χ0n) is 14.7. The van der Waals surface area contributed by atoms with Crippen molar-refractivity contribution in [2.75, 3.05) is 7.11 Å². The molecule has 2 N–H and O–H groups in total. The lowest BCUT2D eigenvalue weighted by atomic mass is 9.99. The minimum absolute atomic E-state index is 0.210. The molecule has 128 valence electrons. The molecule has 5 nitrogen and oxygen atoms in total. The zero-order valence-corrected chi connectivity index (χ0v) is 14.7. The van der Waals surface area contributed by atoms with E-state index in [1.54, 1.807) is 19.5 Å². The largest absolute Gasteiger partial charge is 0.497 e. The van der Waals surface area contributed by atoms with E-state index in [0.717, 1.165) is 23.3 Å². The highest BCUT2D eigenvalue weighted by atomic mass is 16.5. The van der Waals surface area contributed by atoms with Crippen molar-refractivity contribution in [3.8, 4) is 5.75 Å². The zero-order chi connectivity index (χ0) is 17.6. The molecule has 0 radical (unpaired) electrons. The molecule has 0 aliphatic heterocycles. The second-order valence-corrected chi connectivity index (χ2v) is 6.33. The Morgan fingerprint density at radius 3 is 2.62 bits per heavy atom. The molecule has 1 aromatic heterocycles. The third-order valence-corrected chi connectivity index (χ3v) is 4.06. The summed E-state index contributed by atoms with van der Waals surface area (Å²) < 4.78 is 5.30. The summed E-state index contributed by atoms with van der Waals surface area (Å²) in [5, 5.41) is 6.05. The summed E-state index contributed by atoms with van der Waals surface area (Å²) in [6.45, 7) is 6.04. The van der Waals surface area contributed by atoms with Crippen molar-refractivity contribution in [2.45, 2.75) is 38.8 Å². The maximum Gasteiger partial charge on any atom is 0.315 e. The first kappa shape index (κ1) is 17.8. The van der Waals surface area contributed by atoms with Gasteiger partial charge in [0.1, 0.15) is 5.75 Å². The third-order valence-electron chi connectivity index (χ3n) is 4.06. The summed E-state index contributed by atoms with van der Waals surface area (Å²) in [5.74, 6) is 0.748. The Balaban J connectivity index is 2.29. The number of carbonyl (C=O) groups is 1. The van der Waals surface area contributed by atoms with Gasteiger partial charge in [0, 0.05) is 17.9 Å². The number of methoxy groups -OCH3 is 1. The molecule has 1 aromatic carbocycles. The Labute approximate surface area is 143 Å². The SMILES string of the molecule is CCC(C)(C)NC(=O)NC(c1cccnc1)c1cccc(OC)c1. The number of carbonyl (C=O) groups excluding carboxylic acids is 1. The molecule has 0 saturated carbocycles. The number of hydrogen-bond acceptors (Lipinski definition) is 3. The lowest BCUT2D eigenvalue weighted by molar-refractivity contribution is 0.226. The molecule has 1 unspecified atom stereocenters. The summed E-state index contributed by atoms with van der Waals surface area (Å²) in [7, 11) is 1.63. The van der Waals surface area contributed by atoms with Crippen LogP contribution >= 0.6 is 0 Å². The van der Waals surface area contributed by atoms with Crippen molar-refractivity contribution in [2.24, 2.45) is 0 Å². The summed E-state index contributed by atoms with van der Waals surface area (Å²) in [6.07, 6.45) is 4.32. The number of hydrogen-bond donors (Lipinski definition) is 2. The normalized spacial score (nSPS) is 12.3. The number of pyridine rings is 1. The number of aromatic nitrogens is 1. The average Bonchev–Trinajstić information content (AvgIpc) is 2.60. The van der Waals surface area contributed by atoms with Gasteiger partial charge in [-0.15, -0.1) is 0 Å². The van der Waals surface area contributed by atoms with Crippen LogP contribution in [0.3, 0.4) is 0 Å². The first-order valence-corrected chi connectivity index (χ1v) is 8.07. The molecule has 1 heterocycles. The Hall–Kier alpha value is -2.56. The van der Waals surface area contributed by atoms with E-state index in [1.165, 1.54) is 0 Å². The highest BCUT2D eigenvalue weighted by Crippen LogP contribution is 2.25. The van der Waals surface area contributed by atoms with Crippen molar-refractivity contribution in [1.82, 2.24) is 15.6 Å². The molecule has 2 aromatic rings. The van der Waals surface area contributed by atoms with Gasteiger partial charge in [0.05, 0.1) is 13.2 Å². The molecule has 0 bridgehead atoms. The van der Waals surface area contributed by atoms with Crippen LogP contribution in [0.15, 0.2) is 48.8 Å². The van der Waals surface area contributed by atoms with E-state index in [4.69, 9.17) is 4.74 Å². The average molecular weight is 327 g/mol. The van der Waals surface area contributed by atoms with Gasteiger partial charge in [0.2, 0.25) is 0 Å². The molecule has 1 atom stereocenters. The molecule has 0 spiro atoms.